The number of aliphatic imine (C=N–C) groups is 1. The molecule has 2 aliphatic heterocycles. The zero-order chi connectivity index (χ0) is 21.8. The van der Waals surface area contributed by atoms with Crippen molar-refractivity contribution >= 4 is 5.96 Å². The molecule has 1 N–H and O–H groups in total. The molecule has 2 aliphatic rings. The van der Waals surface area contributed by atoms with Gasteiger partial charge in [-0.1, -0.05) is 19.9 Å². The Kier molecular flexibility index (Phi) is 6.36. The summed E-state index contributed by atoms with van der Waals surface area (Å²) in [6.45, 7) is 11.4. The smallest absolute Gasteiger partial charge is 0.194 e. The highest BCUT2D eigenvalue weighted by Crippen LogP contribution is 2.35. The number of hydrogen-bond acceptors (Lipinski definition) is 5. The molecule has 8 nitrogen and oxygen atoms in total. The van der Waals surface area contributed by atoms with Crippen molar-refractivity contribution in [3.63, 3.8) is 0 Å². The second kappa shape index (κ2) is 9.18. The minimum Gasteiger partial charge on any atom is -0.486 e. The number of fused-ring (bicyclic) bond motifs is 1. The molecule has 1 fully saturated rings. The maximum absolute atomic E-state index is 6.00. The van der Waals surface area contributed by atoms with Crippen LogP contribution in [0, 0.1) is 0 Å². The molecule has 1 aromatic carbocycles. The van der Waals surface area contributed by atoms with Crippen LogP contribution in [0.5, 0.6) is 11.5 Å². The number of guanidine groups is 1. The van der Waals surface area contributed by atoms with Crippen molar-refractivity contribution in [2.45, 2.75) is 32.3 Å². The highest BCUT2D eigenvalue weighted by Gasteiger charge is 2.27. The van der Waals surface area contributed by atoms with E-state index in [9.17, 15) is 0 Å². The second-order valence-electron chi connectivity index (χ2n) is 8.67. The van der Waals surface area contributed by atoms with E-state index >= 15 is 0 Å². The van der Waals surface area contributed by atoms with Crippen molar-refractivity contribution < 1.29 is 14.2 Å². The molecular weight excluding hydrogens is 394 g/mol. The molecule has 3 heterocycles. The van der Waals surface area contributed by atoms with Gasteiger partial charge in [0.2, 0.25) is 0 Å². The zero-order valence-corrected chi connectivity index (χ0v) is 18.9. The summed E-state index contributed by atoms with van der Waals surface area (Å²) in [7, 11) is 1.93. The largest absolute Gasteiger partial charge is 0.486 e. The average molecular weight is 428 g/mol. The summed E-state index contributed by atoms with van der Waals surface area (Å²) in [6.07, 6.45) is 3.89. The highest BCUT2D eigenvalue weighted by atomic mass is 16.6. The minimum absolute atomic E-state index is 0.00268. The summed E-state index contributed by atoms with van der Waals surface area (Å²) in [6, 6.07) is 6.20. The van der Waals surface area contributed by atoms with Gasteiger partial charge in [0.25, 0.3) is 0 Å². The van der Waals surface area contributed by atoms with Crippen LogP contribution < -0.4 is 14.8 Å². The number of rotatable bonds is 5. The van der Waals surface area contributed by atoms with Gasteiger partial charge in [-0.3, -0.25) is 9.67 Å². The lowest BCUT2D eigenvalue weighted by Crippen LogP contribution is -2.48. The van der Waals surface area contributed by atoms with E-state index in [4.69, 9.17) is 19.2 Å². The first kappa shape index (κ1) is 21.5. The first-order chi connectivity index (χ1) is 15.0. The van der Waals surface area contributed by atoms with Crippen LogP contribution in [0.3, 0.4) is 0 Å². The first-order valence-corrected chi connectivity index (χ1v) is 11.0. The third-order valence-corrected chi connectivity index (χ3v) is 5.75. The Morgan fingerprint density at radius 2 is 2.03 bits per heavy atom. The number of aromatic nitrogens is 2. The van der Waals surface area contributed by atoms with Gasteiger partial charge < -0.3 is 24.4 Å². The summed E-state index contributed by atoms with van der Waals surface area (Å²) >= 11 is 0. The molecule has 1 unspecified atom stereocenters. The van der Waals surface area contributed by atoms with Gasteiger partial charge in [-0.25, -0.2) is 0 Å². The standard InChI is InChI=1S/C23H33N5O3/c1-5-24-22(28-8-9-29-21(15-28)17-13-26-27(4)14-17)25-16-23(2,3)18-6-7-19-20(12-18)31-11-10-30-19/h6-7,12-14,21H,5,8-11,15-16H2,1-4H3,(H,24,25). The maximum Gasteiger partial charge on any atom is 0.194 e. The Bertz CT molecular complexity index is 924. The van der Waals surface area contributed by atoms with Crippen LogP contribution in [0.4, 0.5) is 0 Å². The normalized spacial score (nSPS) is 19.4. The molecule has 0 aliphatic carbocycles. The SMILES string of the molecule is CCNC(=NCC(C)(C)c1ccc2c(c1)OCCO2)N1CCOC(c2cnn(C)c2)C1. The third kappa shape index (κ3) is 4.95. The summed E-state index contributed by atoms with van der Waals surface area (Å²) in [4.78, 5) is 7.30. The summed E-state index contributed by atoms with van der Waals surface area (Å²) in [5.74, 6) is 2.56. The average Bonchev–Trinajstić information content (AvgIpc) is 3.23. The van der Waals surface area contributed by atoms with Crippen LogP contribution in [0.25, 0.3) is 0 Å². The number of benzene rings is 1. The van der Waals surface area contributed by atoms with Gasteiger partial charge in [0.1, 0.15) is 19.3 Å². The van der Waals surface area contributed by atoms with Gasteiger partial charge in [0.15, 0.2) is 17.5 Å². The molecule has 1 aromatic heterocycles. The molecule has 8 heteroatoms. The van der Waals surface area contributed by atoms with E-state index < -0.39 is 0 Å². The molecular formula is C23H33N5O3. The fourth-order valence-corrected chi connectivity index (χ4v) is 3.90. The van der Waals surface area contributed by atoms with Crippen LogP contribution in [0.1, 0.15) is 38.0 Å². The number of aryl methyl sites for hydroxylation is 1. The predicted octanol–water partition coefficient (Wildman–Crippen LogP) is 2.51. The Morgan fingerprint density at radius 3 is 2.77 bits per heavy atom. The molecule has 0 saturated carbocycles. The molecule has 1 atom stereocenters. The first-order valence-electron chi connectivity index (χ1n) is 11.0. The summed E-state index contributed by atoms with van der Waals surface area (Å²) in [5, 5.41) is 7.74. The highest BCUT2D eigenvalue weighted by molar-refractivity contribution is 5.80. The van der Waals surface area contributed by atoms with Crippen LogP contribution in [0.2, 0.25) is 0 Å². The Hall–Kier alpha value is -2.74. The van der Waals surface area contributed by atoms with Crippen molar-refractivity contribution in [3.05, 3.63) is 41.7 Å². The Morgan fingerprint density at radius 1 is 1.23 bits per heavy atom. The Labute approximate surface area is 184 Å². The molecule has 0 radical (unpaired) electrons. The summed E-state index contributed by atoms with van der Waals surface area (Å²) in [5.41, 5.74) is 2.14. The second-order valence-corrected chi connectivity index (χ2v) is 8.67. The van der Waals surface area contributed by atoms with Crippen molar-refractivity contribution in [1.82, 2.24) is 20.0 Å². The minimum atomic E-state index is -0.147. The van der Waals surface area contributed by atoms with Crippen molar-refractivity contribution in [2.75, 3.05) is 46.0 Å². The molecule has 4 rings (SSSR count). The lowest BCUT2D eigenvalue weighted by Gasteiger charge is -2.35. The number of ether oxygens (including phenoxy) is 3. The molecule has 0 amide bonds. The number of nitrogens with one attached hydrogen (secondary N) is 1. The van der Waals surface area contributed by atoms with E-state index in [-0.39, 0.29) is 11.5 Å². The number of hydrogen-bond donors (Lipinski definition) is 1. The van der Waals surface area contributed by atoms with Gasteiger partial charge in [-0.15, -0.1) is 0 Å². The molecule has 0 spiro atoms. The van der Waals surface area contributed by atoms with Gasteiger partial charge in [0.05, 0.1) is 25.9 Å². The van der Waals surface area contributed by atoms with Crippen molar-refractivity contribution in [3.8, 4) is 11.5 Å². The quantitative estimate of drug-likeness (QED) is 0.584. The van der Waals surface area contributed by atoms with Gasteiger partial charge in [-0.2, -0.15) is 5.10 Å². The van der Waals surface area contributed by atoms with E-state index in [1.807, 2.05) is 30.2 Å². The van der Waals surface area contributed by atoms with Crippen LogP contribution in [-0.2, 0) is 17.2 Å². The van der Waals surface area contributed by atoms with E-state index in [0.29, 0.717) is 26.4 Å². The van der Waals surface area contributed by atoms with Crippen molar-refractivity contribution in [1.29, 1.82) is 0 Å². The fourth-order valence-electron chi connectivity index (χ4n) is 3.90. The molecule has 31 heavy (non-hydrogen) atoms. The Balaban J connectivity index is 1.49. The van der Waals surface area contributed by atoms with Crippen LogP contribution in [-0.4, -0.2) is 66.6 Å². The zero-order valence-electron chi connectivity index (χ0n) is 18.9. The van der Waals surface area contributed by atoms with Crippen LogP contribution >= 0.6 is 0 Å². The van der Waals surface area contributed by atoms with Crippen molar-refractivity contribution in [2.24, 2.45) is 12.0 Å². The fraction of sp³-hybridized carbons (Fsp3) is 0.565. The van der Waals surface area contributed by atoms with E-state index in [1.54, 1.807) is 0 Å². The third-order valence-electron chi connectivity index (χ3n) is 5.75. The molecule has 2 aromatic rings. The van der Waals surface area contributed by atoms with E-state index in [2.05, 4.69) is 48.2 Å². The van der Waals surface area contributed by atoms with E-state index in [1.165, 1.54) is 5.56 Å². The van der Waals surface area contributed by atoms with Gasteiger partial charge in [0, 0.05) is 37.3 Å². The molecule has 1 saturated heterocycles. The van der Waals surface area contributed by atoms with Crippen LogP contribution in [0.15, 0.2) is 35.6 Å². The van der Waals surface area contributed by atoms with Gasteiger partial charge in [-0.05, 0) is 24.6 Å². The monoisotopic (exact) mass is 427 g/mol. The number of morpholine rings is 1. The molecule has 0 bridgehead atoms. The predicted molar refractivity (Wildman–Crippen MR) is 120 cm³/mol. The topological polar surface area (TPSA) is 73.1 Å². The summed E-state index contributed by atoms with van der Waals surface area (Å²) < 4.78 is 19.2. The van der Waals surface area contributed by atoms with E-state index in [0.717, 1.165) is 42.7 Å². The lowest BCUT2D eigenvalue weighted by atomic mass is 9.84. The molecule has 168 valence electrons. The maximum atomic E-state index is 6.00. The lowest BCUT2D eigenvalue weighted by molar-refractivity contribution is -0.00806. The number of nitrogens with zero attached hydrogens (tertiary/aromatic N) is 4. The van der Waals surface area contributed by atoms with Gasteiger partial charge >= 0.3 is 0 Å².